The third kappa shape index (κ3) is 5.33. The minimum absolute atomic E-state index is 0.00520. The minimum Gasteiger partial charge on any atom is -0.337 e. The van der Waals surface area contributed by atoms with Gasteiger partial charge >= 0.3 is 0 Å². The van der Waals surface area contributed by atoms with Gasteiger partial charge in [0.05, 0.1) is 0 Å². The van der Waals surface area contributed by atoms with Crippen LogP contribution in [0.3, 0.4) is 0 Å². The van der Waals surface area contributed by atoms with Gasteiger partial charge in [-0.25, -0.2) is 0 Å². The molecule has 6 heteroatoms. The van der Waals surface area contributed by atoms with Gasteiger partial charge in [-0.1, -0.05) is 37.6 Å². The van der Waals surface area contributed by atoms with Crippen LogP contribution in [0.2, 0.25) is 5.02 Å². The lowest BCUT2D eigenvalue weighted by Crippen LogP contribution is -2.46. The van der Waals surface area contributed by atoms with Crippen LogP contribution < -0.4 is 5.32 Å². The van der Waals surface area contributed by atoms with Gasteiger partial charge in [0.2, 0.25) is 5.91 Å². The first-order valence-corrected chi connectivity index (χ1v) is 12.0. The number of hydrogen-bond acceptors (Lipinski definition) is 3. The first kappa shape index (κ1) is 22.8. The Bertz CT molecular complexity index is 943. The van der Waals surface area contributed by atoms with Gasteiger partial charge in [-0.05, 0) is 73.2 Å². The normalized spacial score (nSPS) is 20.9. The van der Waals surface area contributed by atoms with E-state index in [4.69, 9.17) is 11.6 Å². The fraction of sp³-hybridized carbons (Fsp3) is 0.462. The molecule has 2 aromatic carbocycles. The van der Waals surface area contributed by atoms with E-state index in [2.05, 4.69) is 36.2 Å². The van der Waals surface area contributed by atoms with E-state index in [0.29, 0.717) is 35.9 Å². The van der Waals surface area contributed by atoms with Gasteiger partial charge < -0.3 is 10.2 Å². The molecule has 5 nitrogen and oxygen atoms in total. The van der Waals surface area contributed by atoms with Crippen LogP contribution in [0.1, 0.15) is 54.9 Å². The molecule has 32 heavy (non-hydrogen) atoms. The molecule has 2 heterocycles. The lowest BCUT2D eigenvalue weighted by molar-refractivity contribution is -0.116. The number of nitrogens with one attached hydrogen (secondary N) is 1. The summed E-state index contributed by atoms with van der Waals surface area (Å²) in [6.45, 7) is 7.57. The molecule has 0 unspecified atom stereocenters. The predicted molar refractivity (Wildman–Crippen MR) is 129 cm³/mol. The van der Waals surface area contributed by atoms with Crippen LogP contribution in [0.25, 0.3) is 0 Å². The van der Waals surface area contributed by atoms with Crippen molar-refractivity contribution >= 4 is 29.1 Å². The Labute approximate surface area is 195 Å². The standard InChI is InChI=1S/C26H32ClN3O2/c1-18(2)19-5-7-20(8-6-19)26(32)30-16-21-4-3-14-29(24(21)17-30)15-13-25(31)28-23-11-9-22(27)10-12-23/h5-12,18,21,24H,3-4,13-17H2,1-2H3,(H,28,31)/t21-,24+/m1/s1. The highest BCUT2D eigenvalue weighted by molar-refractivity contribution is 6.30. The van der Waals surface area contributed by atoms with Crippen LogP contribution in [-0.4, -0.2) is 53.8 Å². The third-order valence-corrected chi connectivity index (χ3v) is 7.01. The summed E-state index contributed by atoms with van der Waals surface area (Å²) in [7, 11) is 0. The van der Waals surface area contributed by atoms with Crippen molar-refractivity contribution in [2.75, 3.05) is 31.5 Å². The lowest BCUT2D eigenvalue weighted by Gasteiger charge is -2.36. The molecule has 0 aromatic heterocycles. The highest BCUT2D eigenvalue weighted by atomic mass is 35.5. The van der Waals surface area contributed by atoms with E-state index in [1.165, 1.54) is 5.56 Å². The molecule has 2 atom stereocenters. The topological polar surface area (TPSA) is 52.7 Å². The average Bonchev–Trinajstić information content (AvgIpc) is 3.24. The summed E-state index contributed by atoms with van der Waals surface area (Å²) >= 11 is 5.91. The third-order valence-electron chi connectivity index (χ3n) is 6.76. The number of benzene rings is 2. The van der Waals surface area contributed by atoms with Gasteiger partial charge in [0, 0.05) is 48.4 Å². The first-order chi connectivity index (χ1) is 15.4. The molecule has 0 bridgehead atoms. The summed E-state index contributed by atoms with van der Waals surface area (Å²) in [5.74, 6) is 1.07. The van der Waals surface area contributed by atoms with Crippen LogP contribution in [0, 0.1) is 5.92 Å². The van der Waals surface area contributed by atoms with Crippen molar-refractivity contribution in [3.63, 3.8) is 0 Å². The van der Waals surface area contributed by atoms with Crippen molar-refractivity contribution in [3.05, 3.63) is 64.7 Å². The molecular weight excluding hydrogens is 422 g/mol. The molecule has 0 aliphatic carbocycles. The molecule has 0 spiro atoms. The monoisotopic (exact) mass is 453 g/mol. The maximum atomic E-state index is 13.1. The molecule has 2 aliphatic heterocycles. The molecule has 2 fully saturated rings. The molecule has 2 aliphatic rings. The van der Waals surface area contributed by atoms with Crippen molar-refractivity contribution in [2.45, 2.75) is 45.1 Å². The zero-order valence-electron chi connectivity index (χ0n) is 18.9. The first-order valence-electron chi connectivity index (χ1n) is 11.6. The Morgan fingerprint density at radius 3 is 2.47 bits per heavy atom. The average molecular weight is 454 g/mol. The summed E-state index contributed by atoms with van der Waals surface area (Å²) in [4.78, 5) is 29.9. The molecule has 0 radical (unpaired) electrons. The number of amides is 2. The second kappa shape index (κ2) is 10.1. The number of nitrogens with zero attached hydrogens (tertiary/aromatic N) is 2. The van der Waals surface area contributed by atoms with Gasteiger partial charge in [-0.15, -0.1) is 0 Å². The number of halogens is 1. The van der Waals surface area contributed by atoms with Gasteiger partial charge in [0.15, 0.2) is 0 Å². The van der Waals surface area contributed by atoms with Crippen LogP contribution in [0.15, 0.2) is 48.5 Å². The molecule has 4 rings (SSSR count). The quantitative estimate of drug-likeness (QED) is 0.667. The Morgan fingerprint density at radius 2 is 1.78 bits per heavy atom. The zero-order chi connectivity index (χ0) is 22.7. The molecule has 2 aromatic rings. The molecule has 1 N–H and O–H groups in total. The number of piperidine rings is 1. The fourth-order valence-corrected chi connectivity index (χ4v) is 5.04. The van der Waals surface area contributed by atoms with Crippen LogP contribution in [0.4, 0.5) is 5.69 Å². The number of fused-ring (bicyclic) bond motifs is 1. The lowest BCUT2D eigenvalue weighted by atomic mass is 9.92. The molecule has 2 amide bonds. The van der Waals surface area contributed by atoms with Crippen molar-refractivity contribution in [1.29, 1.82) is 0 Å². The number of carbonyl (C=O) groups is 2. The summed E-state index contributed by atoms with van der Waals surface area (Å²) < 4.78 is 0. The van der Waals surface area contributed by atoms with Crippen molar-refractivity contribution in [1.82, 2.24) is 9.80 Å². The van der Waals surface area contributed by atoms with Gasteiger partial charge in [0.25, 0.3) is 5.91 Å². The molecule has 0 saturated carbocycles. The van der Waals surface area contributed by atoms with Crippen molar-refractivity contribution in [2.24, 2.45) is 5.92 Å². The van der Waals surface area contributed by atoms with Crippen LogP contribution in [-0.2, 0) is 4.79 Å². The fourth-order valence-electron chi connectivity index (χ4n) is 4.91. The van der Waals surface area contributed by atoms with E-state index in [-0.39, 0.29) is 11.8 Å². The summed E-state index contributed by atoms with van der Waals surface area (Å²) in [6.07, 6.45) is 2.70. The summed E-state index contributed by atoms with van der Waals surface area (Å²) in [6, 6.07) is 15.5. The molecule has 2 saturated heterocycles. The van der Waals surface area contributed by atoms with Gasteiger partial charge in [0.1, 0.15) is 0 Å². The predicted octanol–water partition coefficient (Wildman–Crippen LogP) is 5.03. The Hall–Kier alpha value is -2.37. The van der Waals surface area contributed by atoms with E-state index in [9.17, 15) is 9.59 Å². The van der Waals surface area contributed by atoms with Crippen molar-refractivity contribution < 1.29 is 9.59 Å². The van der Waals surface area contributed by atoms with E-state index < -0.39 is 0 Å². The number of anilines is 1. The van der Waals surface area contributed by atoms with Gasteiger partial charge in [-0.3, -0.25) is 14.5 Å². The Kier molecular flexibility index (Phi) is 7.17. The second-order valence-electron chi connectivity index (χ2n) is 9.30. The SMILES string of the molecule is CC(C)c1ccc(C(=O)N2C[C@H]3CCCN(CCC(=O)Nc4ccc(Cl)cc4)[C@H]3C2)cc1. The smallest absolute Gasteiger partial charge is 0.253 e. The number of likely N-dealkylation sites (tertiary alicyclic amines) is 2. The van der Waals surface area contributed by atoms with Crippen LogP contribution >= 0.6 is 11.6 Å². The molecular formula is C26H32ClN3O2. The zero-order valence-corrected chi connectivity index (χ0v) is 19.6. The van der Waals surface area contributed by atoms with E-state index >= 15 is 0 Å². The van der Waals surface area contributed by atoms with E-state index in [1.54, 1.807) is 12.1 Å². The highest BCUT2D eigenvalue weighted by Crippen LogP contribution is 2.31. The summed E-state index contributed by atoms with van der Waals surface area (Å²) in [5.41, 5.74) is 2.78. The van der Waals surface area contributed by atoms with Gasteiger partial charge in [-0.2, -0.15) is 0 Å². The maximum absolute atomic E-state index is 13.1. The largest absolute Gasteiger partial charge is 0.337 e. The number of carbonyl (C=O) groups excluding carboxylic acids is 2. The second-order valence-corrected chi connectivity index (χ2v) is 9.73. The Balaban J connectivity index is 1.33. The number of rotatable bonds is 6. The number of hydrogen-bond donors (Lipinski definition) is 1. The Morgan fingerprint density at radius 1 is 1.06 bits per heavy atom. The highest BCUT2D eigenvalue weighted by Gasteiger charge is 2.40. The summed E-state index contributed by atoms with van der Waals surface area (Å²) in [5, 5.41) is 3.59. The molecule has 170 valence electrons. The van der Waals surface area contributed by atoms with Crippen molar-refractivity contribution in [3.8, 4) is 0 Å². The van der Waals surface area contributed by atoms with E-state index in [1.807, 2.05) is 29.2 Å². The maximum Gasteiger partial charge on any atom is 0.253 e. The van der Waals surface area contributed by atoms with Crippen LogP contribution in [0.5, 0.6) is 0 Å². The minimum atomic E-state index is 0.00520. The van der Waals surface area contributed by atoms with E-state index in [0.717, 1.165) is 43.7 Å².